The Hall–Kier alpha value is -0.870. The van der Waals surface area contributed by atoms with Crippen molar-refractivity contribution in [2.24, 2.45) is 0 Å². The zero-order valence-corrected chi connectivity index (χ0v) is 10.9. The number of hydrogen-bond acceptors (Lipinski definition) is 3. The Morgan fingerprint density at radius 2 is 1.88 bits per heavy atom. The molecule has 0 fully saturated rings. The highest BCUT2D eigenvalue weighted by molar-refractivity contribution is 7.10. The van der Waals surface area contributed by atoms with E-state index in [-0.39, 0.29) is 6.61 Å². The Morgan fingerprint density at radius 1 is 1.12 bits per heavy atom. The number of thiophene rings is 1. The maximum absolute atomic E-state index is 9.20. The molecule has 0 amide bonds. The van der Waals surface area contributed by atoms with Crippen LogP contribution in [0.5, 0.6) is 0 Å². The molecule has 0 aliphatic rings. The van der Waals surface area contributed by atoms with Gasteiger partial charge in [0.05, 0.1) is 11.6 Å². The molecule has 0 saturated heterocycles. The van der Waals surface area contributed by atoms with E-state index >= 15 is 0 Å². The third kappa shape index (κ3) is 3.30. The summed E-state index contributed by atoms with van der Waals surface area (Å²) in [4.78, 5) is 1.15. The first kappa shape index (κ1) is 12.6. The standard InChI is InChI=1S/C13H14ClNOS/c14-12-5-6-17-13(12)8-15-7-10-3-1-2-4-11(10)9-16/h1-6,15-16H,7-9H2. The summed E-state index contributed by atoms with van der Waals surface area (Å²) in [6.07, 6.45) is 0. The quantitative estimate of drug-likeness (QED) is 0.872. The number of halogens is 1. The molecular formula is C13H14ClNOS. The SMILES string of the molecule is OCc1ccccc1CNCc1sccc1Cl. The molecule has 2 N–H and O–H groups in total. The van der Waals surface area contributed by atoms with Gasteiger partial charge >= 0.3 is 0 Å². The number of hydrogen-bond donors (Lipinski definition) is 2. The van der Waals surface area contributed by atoms with Crippen molar-refractivity contribution in [3.63, 3.8) is 0 Å². The van der Waals surface area contributed by atoms with Crippen LogP contribution in [0, 0.1) is 0 Å². The van der Waals surface area contributed by atoms with E-state index in [4.69, 9.17) is 11.6 Å². The van der Waals surface area contributed by atoms with E-state index in [9.17, 15) is 5.11 Å². The molecule has 0 aliphatic carbocycles. The minimum absolute atomic E-state index is 0.0810. The van der Waals surface area contributed by atoms with Crippen LogP contribution in [0.1, 0.15) is 16.0 Å². The summed E-state index contributed by atoms with van der Waals surface area (Å²) in [5, 5.41) is 15.3. The Kier molecular flexibility index (Phi) is 4.57. The van der Waals surface area contributed by atoms with Crippen molar-refractivity contribution in [2.45, 2.75) is 19.7 Å². The first-order valence-corrected chi connectivity index (χ1v) is 6.67. The van der Waals surface area contributed by atoms with Crippen LogP contribution in [-0.2, 0) is 19.7 Å². The van der Waals surface area contributed by atoms with Crippen molar-refractivity contribution in [1.29, 1.82) is 0 Å². The Balaban J connectivity index is 1.92. The van der Waals surface area contributed by atoms with Crippen LogP contribution in [0.15, 0.2) is 35.7 Å². The van der Waals surface area contributed by atoms with Gasteiger partial charge in [0, 0.05) is 18.0 Å². The van der Waals surface area contributed by atoms with Gasteiger partial charge < -0.3 is 10.4 Å². The maximum atomic E-state index is 9.20. The van der Waals surface area contributed by atoms with E-state index in [0.29, 0.717) is 0 Å². The van der Waals surface area contributed by atoms with Crippen LogP contribution in [0.4, 0.5) is 0 Å². The lowest BCUT2D eigenvalue weighted by Crippen LogP contribution is -2.13. The third-order valence-corrected chi connectivity index (χ3v) is 3.97. The van der Waals surface area contributed by atoms with Gasteiger partial charge in [0.15, 0.2) is 0 Å². The van der Waals surface area contributed by atoms with Gasteiger partial charge in [-0.1, -0.05) is 35.9 Å². The molecule has 0 radical (unpaired) electrons. The summed E-state index contributed by atoms with van der Waals surface area (Å²) in [5.74, 6) is 0. The number of nitrogens with one attached hydrogen (secondary N) is 1. The fourth-order valence-electron chi connectivity index (χ4n) is 1.65. The molecule has 0 bridgehead atoms. The molecule has 17 heavy (non-hydrogen) atoms. The lowest BCUT2D eigenvalue weighted by molar-refractivity contribution is 0.280. The molecule has 2 nitrogen and oxygen atoms in total. The van der Waals surface area contributed by atoms with E-state index in [2.05, 4.69) is 5.32 Å². The van der Waals surface area contributed by atoms with Crippen molar-refractivity contribution in [3.05, 3.63) is 56.7 Å². The molecule has 0 saturated carbocycles. The lowest BCUT2D eigenvalue weighted by atomic mass is 10.1. The minimum Gasteiger partial charge on any atom is -0.392 e. The van der Waals surface area contributed by atoms with Gasteiger partial charge in [-0.3, -0.25) is 0 Å². The number of rotatable bonds is 5. The predicted octanol–water partition coefficient (Wildman–Crippen LogP) is 3.18. The molecule has 0 spiro atoms. The highest BCUT2D eigenvalue weighted by Crippen LogP contribution is 2.21. The van der Waals surface area contributed by atoms with E-state index in [0.717, 1.165) is 34.1 Å². The van der Waals surface area contributed by atoms with Gasteiger partial charge in [0.25, 0.3) is 0 Å². The molecule has 0 unspecified atom stereocenters. The second kappa shape index (κ2) is 6.17. The van der Waals surface area contributed by atoms with Crippen LogP contribution >= 0.6 is 22.9 Å². The molecule has 90 valence electrons. The number of aliphatic hydroxyl groups excluding tert-OH is 1. The fraction of sp³-hybridized carbons (Fsp3) is 0.231. The average molecular weight is 268 g/mol. The molecule has 0 atom stereocenters. The molecule has 1 aromatic heterocycles. The van der Waals surface area contributed by atoms with E-state index in [1.165, 1.54) is 0 Å². The summed E-state index contributed by atoms with van der Waals surface area (Å²) >= 11 is 7.66. The summed E-state index contributed by atoms with van der Waals surface area (Å²) < 4.78 is 0. The Morgan fingerprint density at radius 3 is 2.53 bits per heavy atom. The largest absolute Gasteiger partial charge is 0.392 e. The zero-order valence-electron chi connectivity index (χ0n) is 9.32. The van der Waals surface area contributed by atoms with Gasteiger partial charge in [-0.15, -0.1) is 11.3 Å². The summed E-state index contributed by atoms with van der Waals surface area (Å²) in [6.45, 7) is 1.58. The number of benzene rings is 1. The zero-order chi connectivity index (χ0) is 12.1. The van der Waals surface area contributed by atoms with Crippen molar-refractivity contribution in [3.8, 4) is 0 Å². The minimum atomic E-state index is 0.0810. The predicted molar refractivity (Wildman–Crippen MR) is 72.2 cm³/mol. The highest BCUT2D eigenvalue weighted by Gasteiger charge is 2.03. The van der Waals surface area contributed by atoms with Gasteiger partial charge in [-0.05, 0) is 22.6 Å². The van der Waals surface area contributed by atoms with Crippen LogP contribution in [0.25, 0.3) is 0 Å². The third-order valence-electron chi connectivity index (χ3n) is 2.58. The first-order valence-electron chi connectivity index (χ1n) is 5.41. The van der Waals surface area contributed by atoms with Gasteiger partial charge in [0.1, 0.15) is 0 Å². The van der Waals surface area contributed by atoms with Crippen molar-refractivity contribution >= 4 is 22.9 Å². The lowest BCUT2D eigenvalue weighted by Gasteiger charge is -2.08. The van der Waals surface area contributed by atoms with E-state index in [1.54, 1.807) is 11.3 Å². The second-order valence-electron chi connectivity index (χ2n) is 3.72. The molecule has 4 heteroatoms. The van der Waals surface area contributed by atoms with Gasteiger partial charge in [-0.2, -0.15) is 0 Å². The first-order chi connectivity index (χ1) is 8.31. The van der Waals surface area contributed by atoms with E-state index in [1.807, 2.05) is 35.7 Å². The molecular weight excluding hydrogens is 254 g/mol. The molecule has 2 aromatic rings. The monoisotopic (exact) mass is 267 g/mol. The molecule has 0 aliphatic heterocycles. The van der Waals surface area contributed by atoms with Crippen molar-refractivity contribution < 1.29 is 5.11 Å². The highest BCUT2D eigenvalue weighted by atomic mass is 35.5. The topological polar surface area (TPSA) is 32.3 Å². The number of aliphatic hydroxyl groups is 1. The fourth-order valence-corrected chi connectivity index (χ4v) is 2.72. The van der Waals surface area contributed by atoms with Crippen LogP contribution in [0.3, 0.4) is 0 Å². The molecule has 1 heterocycles. The average Bonchev–Trinajstić information content (AvgIpc) is 2.76. The molecule has 2 rings (SSSR count). The normalized spacial score (nSPS) is 10.7. The van der Waals surface area contributed by atoms with Crippen LogP contribution < -0.4 is 5.32 Å². The Labute approximate surface area is 110 Å². The van der Waals surface area contributed by atoms with Crippen LogP contribution in [-0.4, -0.2) is 5.11 Å². The van der Waals surface area contributed by atoms with E-state index < -0.39 is 0 Å². The maximum Gasteiger partial charge on any atom is 0.0685 e. The summed E-state index contributed by atoms with van der Waals surface area (Å²) in [5.41, 5.74) is 2.10. The summed E-state index contributed by atoms with van der Waals surface area (Å²) in [7, 11) is 0. The molecule has 1 aromatic carbocycles. The van der Waals surface area contributed by atoms with Gasteiger partial charge in [-0.25, -0.2) is 0 Å². The summed E-state index contributed by atoms with van der Waals surface area (Å²) in [6, 6.07) is 9.79. The Bertz CT molecular complexity index is 484. The van der Waals surface area contributed by atoms with Gasteiger partial charge in [0.2, 0.25) is 0 Å². The van der Waals surface area contributed by atoms with Crippen LogP contribution in [0.2, 0.25) is 5.02 Å². The second-order valence-corrected chi connectivity index (χ2v) is 5.13. The smallest absolute Gasteiger partial charge is 0.0685 e. The van der Waals surface area contributed by atoms with Crippen molar-refractivity contribution in [1.82, 2.24) is 5.32 Å². The van der Waals surface area contributed by atoms with Crippen molar-refractivity contribution in [2.75, 3.05) is 0 Å².